The molecule has 1 aromatic rings. The molecule has 2 aliphatic carbocycles. The molecule has 3 N–H and O–H groups in total. The highest BCUT2D eigenvalue weighted by atomic mass is 19.3. The van der Waals surface area contributed by atoms with Crippen LogP contribution in [0, 0.1) is 5.41 Å². The average Bonchev–Trinajstić information content (AvgIpc) is 3.25. The van der Waals surface area contributed by atoms with Gasteiger partial charge in [-0.15, -0.1) is 0 Å². The molecule has 3 atom stereocenters. The molecule has 0 bridgehead atoms. The van der Waals surface area contributed by atoms with Crippen molar-refractivity contribution in [2.24, 2.45) is 5.10 Å². The average molecular weight is 469 g/mol. The van der Waals surface area contributed by atoms with E-state index in [0.29, 0.717) is 24.0 Å². The van der Waals surface area contributed by atoms with Crippen LogP contribution in [-0.4, -0.2) is 60.6 Å². The summed E-state index contributed by atoms with van der Waals surface area (Å²) in [5.41, 5.74) is 5.51. The third-order valence-electron chi connectivity index (χ3n) is 7.72. The topological polar surface area (TPSA) is 76.4 Å². The third-order valence-corrected chi connectivity index (χ3v) is 7.72. The van der Waals surface area contributed by atoms with Gasteiger partial charge in [-0.2, -0.15) is 5.10 Å². The number of halogens is 2. The Labute approximate surface area is 200 Å². The molecule has 3 unspecified atom stereocenters. The lowest BCUT2D eigenvalue weighted by Gasteiger charge is -2.32. The number of allylic oxidation sites excluding steroid dienone is 1. The summed E-state index contributed by atoms with van der Waals surface area (Å²) in [6, 6.07) is 1.42. The van der Waals surface area contributed by atoms with Crippen LogP contribution >= 0.6 is 0 Å². The number of nitrogens with zero attached hydrogens (tertiary/aromatic N) is 3. The number of hydrogen-bond donors (Lipinski definition) is 3. The van der Waals surface area contributed by atoms with Gasteiger partial charge in [0.15, 0.2) is 0 Å². The van der Waals surface area contributed by atoms with E-state index in [2.05, 4.69) is 26.8 Å². The first-order valence-corrected chi connectivity index (χ1v) is 12.5. The van der Waals surface area contributed by atoms with E-state index < -0.39 is 18.4 Å². The molecule has 5 rings (SSSR count). The monoisotopic (exact) mass is 468 g/mol. The number of hydrogen-bond acceptors (Lipinski definition) is 6. The molecule has 1 saturated carbocycles. The van der Waals surface area contributed by atoms with E-state index in [9.17, 15) is 8.78 Å². The number of nitrogens with one attached hydrogen (secondary N) is 3. The molecule has 0 spiro atoms. The second kappa shape index (κ2) is 9.94. The smallest absolute Gasteiger partial charge is 0.261 e. The zero-order valence-electron chi connectivity index (χ0n) is 19.7. The van der Waals surface area contributed by atoms with E-state index in [1.54, 1.807) is 19.5 Å². The molecule has 0 radical (unpaired) electrons. The van der Waals surface area contributed by atoms with Gasteiger partial charge in [-0.3, -0.25) is 9.99 Å². The quantitative estimate of drug-likeness (QED) is 0.540. The van der Waals surface area contributed by atoms with Crippen LogP contribution in [-0.2, 0) is 0 Å². The van der Waals surface area contributed by atoms with Crippen molar-refractivity contribution in [1.29, 1.82) is 5.41 Å². The summed E-state index contributed by atoms with van der Waals surface area (Å²) in [6.45, 7) is 1.64. The number of hydrazone groups is 1. The number of fused-ring (bicyclic) bond motifs is 1. The lowest BCUT2D eigenvalue weighted by molar-refractivity contribution is 0.0441. The van der Waals surface area contributed by atoms with Crippen molar-refractivity contribution < 1.29 is 8.78 Å². The third kappa shape index (κ3) is 4.52. The number of rotatable bonds is 6. The first-order valence-electron chi connectivity index (χ1n) is 12.5. The summed E-state index contributed by atoms with van der Waals surface area (Å²) in [7, 11) is 1.58. The predicted octanol–water partition coefficient (Wildman–Crippen LogP) is 4.42. The molecular weight excluding hydrogens is 434 g/mol. The summed E-state index contributed by atoms with van der Waals surface area (Å²) in [5.74, 6) is -0.620. The summed E-state index contributed by atoms with van der Waals surface area (Å²) >= 11 is 0. The molecule has 6 nitrogen and oxygen atoms in total. The SMILES string of the molecule is CN1N=CC(c2cc3c(cn2)C(C(=N)C2=C(NC4CCCCC4)CCNC2)CC=C3)C1C(F)F. The van der Waals surface area contributed by atoms with Crippen molar-refractivity contribution in [2.75, 3.05) is 20.1 Å². The Bertz CT molecular complexity index is 1010. The zero-order valence-corrected chi connectivity index (χ0v) is 19.7. The molecule has 3 heterocycles. The van der Waals surface area contributed by atoms with E-state index >= 15 is 0 Å². The van der Waals surface area contributed by atoms with Crippen LogP contribution in [0.4, 0.5) is 8.78 Å². The standard InChI is InChI=1S/C26H34F2N6/c1-34-25(26(27)28)21(15-32-34)23-12-16-6-5-9-18(19(16)14-31-23)24(29)20-13-30-11-10-22(20)33-17-7-3-2-4-8-17/h5-6,12,14-15,17-18,21,25-26,29-30,33H,2-4,7-11,13H2,1H3. The van der Waals surface area contributed by atoms with Gasteiger partial charge in [-0.1, -0.05) is 31.4 Å². The molecule has 2 aliphatic heterocycles. The highest BCUT2D eigenvalue weighted by Gasteiger charge is 2.38. The second-order valence-corrected chi connectivity index (χ2v) is 9.89. The Morgan fingerprint density at radius 3 is 2.88 bits per heavy atom. The normalized spacial score (nSPS) is 27.4. The second-order valence-electron chi connectivity index (χ2n) is 9.89. The molecule has 8 heteroatoms. The van der Waals surface area contributed by atoms with Crippen LogP contribution in [0.5, 0.6) is 0 Å². The van der Waals surface area contributed by atoms with Gasteiger partial charge in [-0.05, 0) is 36.5 Å². The van der Waals surface area contributed by atoms with Gasteiger partial charge in [0, 0.05) is 67.9 Å². The minimum atomic E-state index is -2.51. The van der Waals surface area contributed by atoms with Gasteiger partial charge < -0.3 is 16.0 Å². The Morgan fingerprint density at radius 2 is 2.09 bits per heavy atom. The van der Waals surface area contributed by atoms with Gasteiger partial charge in [0.05, 0.1) is 11.6 Å². The molecule has 34 heavy (non-hydrogen) atoms. The Hall–Kier alpha value is -2.61. The van der Waals surface area contributed by atoms with E-state index in [-0.39, 0.29) is 5.92 Å². The van der Waals surface area contributed by atoms with Gasteiger partial charge in [-0.25, -0.2) is 8.78 Å². The predicted molar refractivity (Wildman–Crippen MR) is 132 cm³/mol. The number of pyridine rings is 1. The Morgan fingerprint density at radius 1 is 1.26 bits per heavy atom. The van der Waals surface area contributed by atoms with Gasteiger partial charge in [0.2, 0.25) is 0 Å². The molecule has 4 aliphatic rings. The van der Waals surface area contributed by atoms with Crippen LogP contribution in [0.3, 0.4) is 0 Å². The van der Waals surface area contributed by atoms with Gasteiger partial charge >= 0.3 is 0 Å². The largest absolute Gasteiger partial charge is 0.385 e. The zero-order chi connectivity index (χ0) is 23.7. The van der Waals surface area contributed by atoms with Crippen LogP contribution in [0.25, 0.3) is 6.08 Å². The van der Waals surface area contributed by atoms with Crippen LogP contribution in [0.15, 0.2) is 34.7 Å². The van der Waals surface area contributed by atoms with Crippen molar-refractivity contribution in [2.45, 2.75) is 75.3 Å². The Balaban J connectivity index is 1.40. The minimum Gasteiger partial charge on any atom is -0.385 e. The van der Waals surface area contributed by atoms with Crippen molar-refractivity contribution in [3.8, 4) is 0 Å². The first-order chi connectivity index (χ1) is 16.5. The van der Waals surface area contributed by atoms with Crippen molar-refractivity contribution >= 4 is 18.0 Å². The van der Waals surface area contributed by atoms with E-state index in [1.807, 2.05) is 12.1 Å². The van der Waals surface area contributed by atoms with E-state index in [4.69, 9.17) is 5.41 Å². The van der Waals surface area contributed by atoms with Gasteiger partial charge in [0.1, 0.15) is 6.04 Å². The molecule has 182 valence electrons. The molecular formula is C26H34F2N6. The van der Waals surface area contributed by atoms with Gasteiger partial charge in [0.25, 0.3) is 6.43 Å². The fourth-order valence-electron chi connectivity index (χ4n) is 5.80. The number of likely N-dealkylation sites (N-methyl/N-ethyl adjacent to an activating group) is 1. The minimum absolute atomic E-state index is 0.0783. The molecule has 0 saturated heterocycles. The Kier molecular flexibility index (Phi) is 6.77. The van der Waals surface area contributed by atoms with Crippen LogP contribution in [0.2, 0.25) is 0 Å². The number of alkyl halides is 2. The van der Waals surface area contributed by atoms with E-state index in [0.717, 1.165) is 36.1 Å². The van der Waals surface area contributed by atoms with Crippen molar-refractivity contribution in [3.63, 3.8) is 0 Å². The van der Waals surface area contributed by atoms with Crippen LogP contribution < -0.4 is 10.6 Å². The maximum Gasteiger partial charge on any atom is 0.261 e. The lowest BCUT2D eigenvalue weighted by atomic mass is 9.80. The summed E-state index contributed by atoms with van der Waals surface area (Å²) in [6.07, 6.45) is 12.9. The lowest BCUT2D eigenvalue weighted by Crippen LogP contribution is -2.39. The molecule has 0 aromatic carbocycles. The summed E-state index contributed by atoms with van der Waals surface area (Å²) < 4.78 is 27.3. The highest BCUT2D eigenvalue weighted by molar-refractivity contribution is 6.04. The molecule has 1 fully saturated rings. The van der Waals surface area contributed by atoms with Crippen molar-refractivity contribution in [3.05, 3.63) is 46.4 Å². The fourth-order valence-corrected chi connectivity index (χ4v) is 5.80. The fraction of sp³-hybridized carbons (Fsp3) is 0.577. The van der Waals surface area contributed by atoms with E-state index in [1.165, 1.54) is 42.8 Å². The molecule has 1 aromatic heterocycles. The summed E-state index contributed by atoms with van der Waals surface area (Å²) in [4.78, 5) is 4.60. The maximum absolute atomic E-state index is 13.6. The highest BCUT2D eigenvalue weighted by Crippen LogP contribution is 2.36. The maximum atomic E-state index is 13.6. The molecule has 0 amide bonds. The van der Waals surface area contributed by atoms with Crippen molar-refractivity contribution in [1.82, 2.24) is 20.6 Å². The first kappa shape index (κ1) is 23.1. The van der Waals surface area contributed by atoms with Crippen LogP contribution in [0.1, 0.15) is 73.6 Å². The number of aromatic nitrogens is 1. The summed E-state index contributed by atoms with van der Waals surface area (Å²) in [5, 5.41) is 21.8.